The summed E-state index contributed by atoms with van der Waals surface area (Å²) in [6.07, 6.45) is 9.51. The van der Waals surface area contributed by atoms with E-state index in [1.54, 1.807) is 42.7 Å². The summed E-state index contributed by atoms with van der Waals surface area (Å²) < 4.78 is 0. The first-order valence-corrected chi connectivity index (χ1v) is 42.1. The van der Waals surface area contributed by atoms with Crippen molar-refractivity contribution in [2.75, 3.05) is 0 Å². The number of pyridine rings is 5. The molecule has 0 saturated carbocycles. The van der Waals surface area contributed by atoms with Gasteiger partial charge in [-0.1, -0.05) is 211 Å². The first kappa shape index (κ1) is 121. The van der Waals surface area contributed by atoms with Gasteiger partial charge in [-0.05, 0) is 154 Å². The average Bonchev–Trinajstić information content (AvgIpc) is 0.787. The summed E-state index contributed by atoms with van der Waals surface area (Å²) in [6, 6.07) is 103. The molecule has 22 heteroatoms. The SMILES string of the molecule is CC(=O)CC(C)=O.CC(=O)CC(C)=O.CC(=O)CC(C)=O.CC(=O)CC(C)=O.CC(=O)CC(C)=O.Cc1[c-]c(-c2cc3c(C(C)C)cccc3cn2)cc(C)c1.Cc1[c-]c(-c2cc3ccccc3cn2)cc(C)c1.O=C(c1ccccc1)c1cc[c-]c(-c2ccccn2)c1.O=C(c1ccccc1)c1ccc(-c2[c-]cccc2)nc1.[Ir].[Ir].[Ir].[Ir].[Ir].[c-]1ccccc1-c1nccc2ccccc12. The molecule has 0 aliphatic rings. The molecule has 0 unspecified atom stereocenters. The molecule has 5 aromatic heterocycles. The number of ketones is 12. The number of rotatable bonds is 20. The van der Waals surface area contributed by atoms with Crippen LogP contribution in [0.4, 0.5) is 0 Å². The third-order valence-electron chi connectivity index (χ3n) is 18.1. The average molecular weight is 2690 g/mol. The second kappa shape index (κ2) is 64.8. The van der Waals surface area contributed by atoms with Crippen LogP contribution in [0.1, 0.15) is 181 Å². The van der Waals surface area contributed by atoms with Crippen LogP contribution in [0.5, 0.6) is 0 Å². The van der Waals surface area contributed by atoms with Crippen molar-refractivity contribution >= 4 is 102 Å². The Labute approximate surface area is 860 Å². The number of hydrogen-bond acceptors (Lipinski definition) is 17. The minimum atomic E-state index is -0.0625. The van der Waals surface area contributed by atoms with Crippen LogP contribution in [-0.4, -0.2) is 94.3 Å². The van der Waals surface area contributed by atoms with E-state index in [0.717, 1.165) is 67.4 Å². The van der Waals surface area contributed by atoms with Crippen molar-refractivity contribution in [1.29, 1.82) is 0 Å². The predicted molar refractivity (Wildman–Crippen MR) is 518 cm³/mol. The minimum absolute atomic E-state index is 0. The molecule has 15 rings (SSSR count). The van der Waals surface area contributed by atoms with Gasteiger partial charge in [-0.15, -0.1) is 171 Å². The number of nitrogens with zero attached hydrogens (tertiary/aromatic N) is 5. The standard InChI is InChI=1S/C20H20N.2C18H12NO.C17H14N.C15H10N.5C5H8O2.5Ir/c1-13(2)18-7-5-6-16-12-21-20(11-19(16)18)17-9-14(3)8-15(4)10-17;20-18(15-9-5-2-6-10-15)16-11-12-17(19-13-16)14-7-3-1-4-8-14;20-18(14-7-2-1-3-8-14)16-10-6-9-15(13-16)17-11-4-5-12-19-17;1-12-7-13(2)9-16(8-12)17-10-14-5-3-4-6-15(14)11-18-17;1-2-7-13(8-3-1)15-14-9-5-4-6-12(14)10-11-16-15;5*1-4(6)3-5(2)7;;;;;/h5-9,11-13H,1-4H3;1-7,9-13H;1-8,10-13H;3-8,10-11H,1-2H3;1-7,9-11H;5*3H2,1-2H3;;;;;/q5*-1;;;;;;;;;;. The Hall–Kier alpha value is -12.0. The topological polar surface area (TPSA) is 269 Å². The van der Waals surface area contributed by atoms with Crippen molar-refractivity contribution in [3.05, 3.63) is 378 Å². The van der Waals surface area contributed by atoms with E-state index < -0.39 is 0 Å². The molecular weight excluding hydrogens is 2580 g/mol. The maximum Gasteiger partial charge on any atom is 0.194 e. The number of carbonyl (C=O) groups excluding carboxylic acids is 12. The van der Waals surface area contributed by atoms with E-state index in [1.165, 1.54) is 118 Å². The number of benzene rings is 10. The van der Waals surface area contributed by atoms with Gasteiger partial charge in [0.2, 0.25) is 0 Å². The fraction of sp³-hybridized carbons (Fsp3) is 0.195. The van der Waals surface area contributed by atoms with E-state index in [0.29, 0.717) is 28.2 Å². The molecule has 0 atom stereocenters. The van der Waals surface area contributed by atoms with Gasteiger partial charge < -0.3 is 24.9 Å². The Balaban J connectivity index is 0.000000770. The fourth-order valence-corrected chi connectivity index (χ4v) is 12.8. The molecule has 5 heterocycles. The minimum Gasteiger partial charge on any atom is -0.305 e. The second-order valence-corrected chi connectivity index (χ2v) is 31.1. The molecule has 17 nitrogen and oxygen atoms in total. The molecule has 0 fully saturated rings. The van der Waals surface area contributed by atoms with E-state index in [2.05, 4.69) is 182 Å². The van der Waals surface area contributed by atoms with E-state index in [4.69, 9.17) is 0 Å². The molecular formula is C113H108Ir5N5O12-5. The number of Topliss-reactive ketones (excluding diaryl/α,β-unsaturated/α-hetero) is 10. The van der Waals surface area contributed by atoms with Crippen molar-refractivity contribution in [3.8, 4) is 56.3 Å². The van der Waals surface area contributed by atoms with Gasteiger partial charge in [0.25, 0.3) is 0 Å². The van der Waals surface area contributed by atoms with E-state index in [1.807, 2.05) is 170 Å². The van der Waals surface area contributed by atoms with Crippen molar-refractivity contribution < 1.29 is 158 Å². The maximum absolute atomic E-state index is 12.4. The van der Waals surface area contributed by atoms with Gasteiger partial charge in [0.05, 0.1) is 32.1 Å². The Morgan fingerprint density at radius 1 is 0.267 bits per heavy atom. The molecule has 0 saturated heterocycles. The van der Waals surface area contributed by atoms with Gasteiger partial charge in [-0.2, -0.15) is 0 Å². The monoisotopic (exact) mass is 2690 g/mol. The molecule has 0 aliphatic carbocycles. The smallest absolute Gasteiger partial charge is 0.194 e. The molecule has 5 radical (unpaired) electrons. The van der Waals surface area contributed by atoms with E-state index in [-0.39, 0.29) is 202 Å². The van der Waals surface area contributed by atoms with Crippen molar-refractivity contribution in [3.63, 3.8) is 0 Å². The summed E-state index contributed by atoms with van der Waals surface area (Å²) in [6.45, 7) is 26.9. The zero-order chi connectivity index (χ0) is 95.2. The molecule has 135 heavy (non-hydrogen) atoms. The summed E-state index contributed by atoms with van der Waals surface area (Å²) in [5.74, 6) is -0.120. The van der Waals surface area contributed by atoms with Gasteiger partial charge in [0.15, 0.2) is 11.6 Å². The predicted octanol–water partition coefficient (Wildman–Crippen LogP) is 23.8. The summed E-state index contributed by atoms with van der Waals surface area (Å²) >= 11 is 0. The first-order chi connectivity index (χ1) is 62.0. The Morgan fingerprint density at radius 2 is 0.667 bits per heavy atom. The Kier molecular flexibility index (Phi) is 58.1. The van der Waals surface area contributed by atoms with Gasteiger partial charge in [0.1, 0.15) is 57.8 Å². The second-order valence-electron chi connectivity index (χ2n) is 31.1. The van der Waals surface area contributed by atoms with Crippen LogP contribution in [0.15, 0.2) is 298 Å². The molecule has 707 valence electrons. The van der Waals surface area contributed by atoms with Crippen molar-refractivity contribution in [2.24, 2.45) is 0 Å². The van der Waals surface area contributed by atoms with Gasteiger partial charge in [-0.25, -0.2) is 0 Å². The van der Waals surface area contributed by atoms with Crippen molar-refractivity contribution in [1.82, 2.24) is 24.9 Å². The normalized spacial score (nSPS) is 9.61. The third-order valence-corrected chi connectivity index (χ3v) is 18.1. The number of hydrogen-bond donors (Lipinski definition) is 0. The summed E-state index contributed by atoms with van der Waals surface area (Å²) in [5, 5.41) is 7.28. The molecule has 0 N–H and O–H groups in total. The molecule has 0 bridgehead atoms. The third kappa shape index (κ3) is 45.7. The van der Waals surface area contributed by atoms with Crippen LogP contribution in [0, 0.1) is 58.0 Å². The fourth-order valence-electron chi connectivity index (χ4n) is 12.8. The van der Waals surface area contributed by atoms with Gasteiger partial charge in [-0.3, -0.25) is 57.5 Å². The van der Waals surface area contributed by atoms with Crippen LogP contribution in [0.2, 0.25) is 0 Å². The number of fused-ring (bicyclic) bond motifs is 3. The molecule has 0 aliphatic heterocycles. The number of carbonyl (C=O) groups is 12. The molecule has 15 aromatic rings. The Morgan fingerprint density at radius 3 is 1.10 bits per heavy atom. The van der Waals surface area contributed by atoms with Crippen LogP contribution in [-0.2, 0) is 148 Å². The van der Waals surface area contributed by atoms with Gasteiger partial charge >= 0.3 is 0 Å². The Bertz CT molecular complexity index is 6110. The van der Waals surface area contributed by atoms with Crippen LogP contribution in [0.25, 0.3) is 88.6 Å². The summed E-state index contributed by atoms with van der Waals surface area (Å²) in [5.41, 5.74) is 18.3. The maximum atomic E-state index is 12.4. The quantitative estimate of drug-likeness (QED) is 0.0390. The number of aromatic nitrogens is 5. The largest absolute Gasteiger partial charge is 0.305 e. The zero-order valence-corrected chi connectivity index (χ0v) is 90.2. The van der Waals surface area contributed by atoms with E-state index in [9.17, 15) is 57.5 Å². The number of aryl methyl sites for hydroxylation is 4. The molecule has 10 aromatic carbocycles. The first-order valence-electron chi connectivity index (χ1n) is 42.1. The molecule has 0 spiro atoms. The van der Waals surface area contributed by atoms with Crippen LogP contribution in [0.3, 0.4) is 0 Å². The molecule has 0 amide bonds. The van der Waals surface area contributed by atoms with Gasteiger partial charge in [0, 0.05) is 148 Å². The summed E-state index contributed by atoms with van der Waals surface area (Å²) in [4.78, 5) is 147. The zero-order valence-electron chi connectivity index (χ0n) is 78.2. The van der Waals surface area contributed by atoms with E-state index >= 15 is 0 Å². The van der Waals surface area contributed by atoms with Crippen LogP contribution >= 0.6 is 0 Å². The van der Waals surface area contributed by atoms with Crippen molar-refractivity contribution in [2.45, 2.75) is 149 Å². The summed E-state index contributed by atoms with van der Waals surface area (Å²) in [7, 11) is 0. The van der Waals surface area contributed by atoms with Crippen LogP contribution < -0.4 is 0 Å².